The first-order chi connectivity index (χ1) is 9.97. The molecule has 0 radical (unpaired) electrons. The van der Waals surface area contributed by atoms with Crippen LogP contribution in [-0.2, 0) is 20.8 Å². The summed E-state index contributed by atoms with van der Waals surface area (Å²) in [4.78, 5) is 4.42. The third-order valence-corrected chi connectivity index (χ3v) is 2.83. The zero-order valence-corrected chi connectivity index (χ0v) is 16.2. The van der Waals surface area contributed by atoms with Crippen LogP contribution in [0.1, 0.15) is 22.3 Å². The molecule has 0 saturated carbocycles. The van der Waals surface area contributed by atoms with E-state index in [4.69, 9.17) is 17.0 Å². The molecule has 2 nitrogen and oxygen atoms in total. The molecule has 0 aliphatic heterocycles. The molecule has 0 heterocycles. The van der Waals surface area contributed by atoms with Crippen LogP contribution >= 0.6 is 17.0 Å². The van der Waals surface area contributed by atoms with E-state index >= 15 is 0 Å². The van der Waals surface area contributed by atoms with E-state index in [1.54, 1.807) is 6.21 Å². The average Bonchev–Trinajstić information content (AvgIpc) is 2.40. The second-order valence-electron chi connectivity index (χ2n) is 4.69. The summed E-state index contributed by atoms with van der Waals surface area (Å²) in [5.41, 5.74) is 4.90. The van der Waals surface area contributed by atoms with Crippen LogP contribution in [0, 0.1) is 20.8 Å². The molecule has 0 aliphatic carbocycles. The van der Waals surface area contributed by atoms with Crippen LogP contribution in [0.5, 0.6) is 5.75 Å². The van der Waals surface area contributed by atoms with Crippen molar-refractivity contribution >= 4 is 28.9 Å². The Bertz CT molecular complexity index is 609. The SMILES string of the molecule is Cc1cc(C)cc(N=Cc2cccc(C)c2O)c1.[Cl][Zr][Cl]. The van der Waals surface area contributed by atoms with E-state index in [1.165, 1.54) is 11.1 Å². The third kappa shape index (κ3) is 6.34. The molecule has 0 atom stereocenters. The Morgan fingerprint density at radius 1 is 1.05 bits per heavy atom. The van der Waals surface area contributed by atoms with Crippen LogP contribution in [-0.4, -0.2) is 11.3 Å². The first-order valence-electron chi connectivity index (χ1n) is 6.35. The van der Waals surface area contributed by atoms with E-state index in [0.29, 0.717) is 5.75 Å². The van der Waals surface area contributed by atoms with Crippen molar-refractivity contribution in [3.8, 4) is 5.75 Å². The van der Waals surface area contributed by atoms with Crippen molar-refractivity contribution in [1.29, 1.82) is 0 Å². The maximum absolute atomic E-state index is 9.89. The number of halogens is 2. The zero-order valence-electron chi connectivity index (χ0n) is 12.2. The van der Waals surface area contributed by atoms with Crippen LogP contribution in [0.15, 0.2) is 41.4 Å². The van der Waals surface area contributed by atoms with Crippen molar-refractivity contribution in [3.05, 3.63) is 58.7 Å². The van der Waals surface area contributed by atoms with Gasteiger partial charge in [-0.25, -0.2) is 0 Å². The fourth-order valence-electron chi connectivity index (χ4n) is 1.96. The van der Waals surface area contributed by atoms with E-state index < -0.39 is 20.8 Å². The van der Waals surface area contributed by atoms with Crippen LogP contribution in [0.4, 0.5) is 5.69 Å². The van der Waals surface area contributed by atoms with Gasteiger partial charge in [0.25, 0.3) is 0 Å². The Hall–Kier alpha value is -0.627. The van der Waals surface area contributed by atoms with Crippen LogP contribution in [0.25, 0.3) is 0 Å². The number of hydrogen-bond acceptors (Lipinski definition) is 2. The second-order valence-corrected chi connectivity index (χ2v) is 8.42. The normalized spacial score (nSPS) is 10.1. The molecule has 21 heavy (non-hydrogen) atoms. The molecule has 0 spiro atoms. The van der Waals surface area contributed by atoms with E-state index in [9.17, 15) is 5.11 Å². The molecule has 0 aromatic heterocycles. The van der Waals surface area contributed by atoms with Gasteiger partial charge >= 0.3 is 37.9 Å². The number of benzene rings is 2. The van der Waals surface area contributed by atoms with Crippen molar-refractivity contribution < 1.29 is 26.0 Å². The fraction of sp³-hybridized carbons (Fsp3) is 0.188. The summed E-state index contributed by atoms with van der Waals surface area (Å²) < 4.78 is 0. The molecule has 2 aromatic carbocycles. The van der Waals surface area contributed by atoms with Gasteiger partial charge in [-0.2, -0.15) is 0 Å². The minimum atomic E-state index is -0.826. The van der Waals surface area contributed by atoms with Gasteiger partial charge in [0, 0.05) is 11.8 Å². The van der Waals surface area contributed by atoms with Gasteiger partial charge in [0.05, 0.1) is 5.69 Å². The van der Waals surface area contributed by atoms with Gasteiger partial charge in [0.1, 0.15) is 5.75 Å². The Morgan fingerprint density at radius 2 is 1.62 bits per heavy atom. The van der Waals surface area contributed by atoms with Crippen LogP contribution in [0.2, 0.25) is 0 Å². The molecule has 110 valence electrons. The van der Waals surface area contributed by atoms with Gasteiger partial charge in [-0.15, -0.1) is 0 Å². The summed E-state index contributed by atoms with van der Waals surface area (Å²) in [7, 11) is 9.87. The summed E-state index contributed by atoms with van der Waals surface area (Å²) in [5, 5.41) is 9.89. The van der Waals surface area contributed by atoms with Crippen molar-refractivity contribution in [2.45, 2.75) is 20.8 Å². The summed E-state index contributed by atoms with van der Waals surface area (Å²) in [6, 6.07) is 11.8. The van der Waals surface area contributed by atoms with Gasteiger partial charge in [0.15, 0.2) is 0 Å². The monoisotopic (exact) mass is 399 g/mol. The van der Waals surface area contributed by atoms with Gasteiger partial charge in [-0.05, 0) is 55.7 Å². The first-order valence-corrected chi connectivity index (χ1v) is 12.7. The summed E-state index contributed by atoms with van der Waals surface area (Å²) in [6.45, 7) is 5.98. The summed E-state index contributed by atoms with van der Waals surface area (Å²) >= 11 is -0.826. The Labute approximate surface area is 144 Å². The molecule has 0 fully saturated rings. The average molecular weight is 401 g/mol. The number of phenolic OH excluding ortho intramolecular Hbond substituents is 1. The van der Waals surface area contributed by atoms with Crippen molar-refractivity contribution in [1.82, 2.24) is 0 Å². The number of aryl methyl sites for hydroxylation is 3. The predicted octanol–water partition coefficient (Wildman–Crippen LogP) is 5.44. The molecule has 0 bridgehead atoms. The first kappa shape index (κ1) is 18.4. The van der Waals surface area contributed by atoms with Gasteiger partial charge in [-0.1, -0.05) is 18.2 Å². The third-order valence-electron chi connectivity index (χ3n) is 2.83. The summed E-state index contributed by atoms with van der Waals surface area (Å²) in [6.07, 6.45) is 1.70. The molecule has 0 aliphatic rings. The molecule has 0 unspecified atom stereocenters. The number of aromatic hydroxyl groups is 1. The minimum absolute atomic E-state index is 0.297. The number of rotatable bonds is 2. The van der Waals surface area contributed by atoms with E-state index in [1.807, 2.05) is 37.3 Å². The Kier molecular flexibility index (Phi) is 8.25. The number of hydrogen-bond donors (Lipinski definition) is 1. The molecular formula is C16H17Cl2NOZr. The molecule has 2 rings (SSSR count). The number of para-hydroxylation sites is 1. The maximum atomic E-state index is 9.89. The van der Waals surface area contributed by atoms with Crippen LogP contribution in [0.3, 0.4) is 0 Å². The van der Waals surface area contributed by atoms with Crippen molar-refractivity contribution in [2.75, 3.05) is 0 Å². The van der Waals surface area contributed by atoms with Gasteiger partial charge < -0.3 is 5.11 Å². The van der Waals surface area contributed by atoms with Crippen molar-refractivity contribution in [3.63, 3.8) is 0 Å². The standard InChI is InChI=1S/C16H17NO.2ClH.Zr/c1-11-7-12(2)9-15(8-11)17-10-14-6-4-5-13(3)16(14)18;;;/h4-10,18H,1-3H3;2*1H;/q;;;+2/p-2. The summed E-state index contributed by atoms with van der Waals surface area (Å²) in [5.74, 6) is 0.297. The number of phenols is 1. The Balaban J connectivity index is 0.000000677. The molecule has 1 N–H and O–H groups in total. The van der Waals surface area contributed by atoms with Crippen molar-refractivity contribution in [2.24, 2.45) is 4.99 Å². The second kappa shape index (κ2) is 9.40. The zero-order chi connectivity index (χ0) is 15.8. The number of nitrogens with zero attached hydrogens (tertiary/aromatic N) is 1. The Morgan fingerprint density at radius 3 is 2.19 bits per heavy atom. The van der Waals surface area contributed by atoms with Gasteiger partial charge in [-0.3, -0.25) is 4.99 Å². The van der Waals surface area contributed by atoms with Gasteiger partial charge in [0.2, 0.25) is 0 Å². The molecule has 5 heteroatoms. The molecule has 0 saturated heterocycles. The predicted molar refractivity (Wildman–Crippen MR) is 87.7 cm³/mol. The van der Waals surface area contributed by atoms with E-state index in [0.717, 1.165) is 16.8 Å². The molecule has 2 aromatic rings. The molecule has 0 amide bonds. The van der Waals surface area contributed by atoms with Crippen LogP contribution < -0.4 is 0 Å². The molecular weight excluding hydrogens is 384 g/mol. The quantitative estimate of drug-likeness (QED) is 0.668. The number of aliphatic imine (C=N–C) groups is 1. The fourth-order valence-corrected chi connectivity index (χ4v) is 1.96. The van der Waals surface area contributed by atoms with E-state index in [2.05, 4.69) is 24.9 Å². The topological polar surface area (TPSA) is 32.6 Å². The van der Waals surface area contributed by atoms with E-state index in [-0.39, 0.29) is 0 Å².